The SMILES string of the molecule is CC(C)CC(NC(=O)[C@H](Cc1c[nH]cn1)NC(=O)[C@H](Cc1ccccc1)NC(=O)[C@@H]1CCCN1C(=O)[C@H](Cc1c[nH]cn1)NC(=O)C(C)C)[C@@H](O)CC(=O)N[C@@H](CC(C)C)C(=O)NN. The molecule has 1 aliphatic rings. The van der Waals surface area contributed by atoms with Crippen LogP contribution in [0, 0.1) is 17.8 Å². The molecule has 1 fully saturated rings. The number of nitrogens with zero attached hydrogens (tertiary/aromatic N) is 3. The predicted octanol–water partition coefficient (Wildman–Crippen LogP) is 0.0648. The van der Waals surface area contributed by atoms with E-state index >= 15 is 0 Å². The first kappa shape index (κ1) is 50.5. The van der Waals surface area contributed by atoms with E-state index in [0.717, 1.165) is 0 Å². The summed E-state index contributed by atoms with van der Waals surface area (Å²) in [6, 6.07) is 2.68. The number of hydrazine groups is 1. The summed E-state index contributed by atoms with van der Waals surface area (Å²) in [4.78, 5) is 111. The average Bonchev–Trinajstić information content (AvgIpc) is 4.06. The Hall–Kier alpha value is -6.15. The Morgan fingerprint density at radius 3 is 1.86 bits per heavy atom. The molecule has 20 nitrogen and oxygen atoms in total. The highest BCUT2D eigenvalue weighted by Crippen LogP contribution is 2.21. The highest BCUT2D eigenvalue weighted by molar-refractivity contribution is 5.96. The van der Waals surface area contributed by atoms with E-state index in [-0.39, 0.29) is 50.0 Å². The van der Waals surface area contributed by atoms with Crippen molar-refractivity contribution in [3.05, 3.63) is 72.3 Å². The van der Waals surface area contributed by atoms with Gasteiger partial charge in [0.15, 0.2) is 0 Å². The number of hydrogen-bond donors (Lipinski definition) is 10. The van der Waals surface area contributed by atoms with Gasteiger partial charge in [0.2, 0.25) is 35.4 Å². The number of likely N-dealkylation sites (tertiary alicyclic amines) is 1. The first-order valence-corrected chi connectivity index (χ1v) is 21.9. The number of aromatic nitrogens is 4. The molecule has 0 spiro atoms. The number of aliphatic hydroxyl groups excluding tert-OH is 1. The fourth-order valence-corrected chi connectivity index (χ4v) is 7.57. The molecule has 7 amide bonds. The van der Waals surface area contributed by atoms with E-state index in [4.69, 9.17) is 5.84 Å². The Morgan fingerprint density at radius 1 is 0.719 bits per heavy atom. The molecule has 0 aliphatic carbocycles. The van der Waals surface area contributed by atoms with Crippen LogP contribution in [0.5, 0.6) is 0 Å². The maximum Gasteiger partial charge on any atom is 0.256 e. The number of rotatable bonds is 24. The number of nitrogens with one attached hydrogen (secondary N) is 8. The number of carbonyl (C=O) groups is 7. The zero-order valence-electron chi connectivity index (χ0n) is 37.6. The standard InChI is InChI=1S/C44H66N12O8/c1-25(2)15-31(37(57)20-38(58)50-32(16-26(3)4)42(62)55-45)51-41(61)34(18-29-21-46-23-48-29)52-40(60)33(17-28-11-8-7-9-12-28)53-43(63)36-13-10-14-56(36)44(64)35(54-39(59)27(5)6)19-30-22-47-24-49-30/h7-9,11-12,21-27,31-37,57H,10,13-20,45H2,1-6H3,(H,46,48)(H,47,49)(H,50,58)(H,51,61)(H,52,60)(H,53,63)(H,54,59)(H,55,62)/t31?,32-,33-,34-,35-,36-,37-/m0/s1. The van der Waals surface area contributed by atoms with Gasteiger partial charge in [0.05, 0.1) is 42.6 Å². The summed E-state index contributed by atoms with van der Waals surface area (Å²) in [5.41, 5.74) is 3.75. The van der Waals surface area contributed by atoms with Crippen molar-refractivity contribution >= 4 is 41.4 Å². The van der Waals surface area contributed by atoms with E-state index in [1.165, 1.54) is 17.6 Å². The minimum atomic E-state index is -1.38. The van der Waals surface area contributed by atoms with Crippen LogP contribution in [0.3, 0.4) is 0 Å². The molecule has 4 rings (SSSR count). The molecule has 1 saturated heterocycles. The molecule has 1 unspecified atom stereocenters. The number of imidazole rings is 2. The maximum atomic E-state index is 14.4. The maximum absolute atomic E-state index is 14.4. The van der Waals surface area contributed by atoms with Gasteiger partial charge in [-0.15, -0.1) is 0 Å². The van der Waals surface area contributed by atoms with E-state index in [9.17, 15) is 38.7 Å². The first-order chi connectivity index (χ1) is 30.4. The highest BCUT2D eigenvalue weighted by Gasteiger charge is 2.40. The van der Waals surface area contributed by atoms with Crippen LogP contribution in [0.15, 0.2) is 55.4 Å². The number of amides is 7. The van der Waals surface area contributed by atoms with Crippen molar-refractivity contribution in [1.82, 2.24) is 56.8 Å². The number of hydrogen-bond acceptors (Lipinski definition) is 11. The second-order valence-electron chi connectivity index (χ2n) is 17.5. The Bertz CT molecular complexity index is 1980. The number of carbonyl (C=O) groups excluding carboxylic acids is 7. The predicted molar refractivity (Wildman–Crippen MR) is 236 cm³/mol. The molecule has 1 aliphatic heterocycles. The smallest absolute Gasteiger partial charge is 0.256 e. The molecule has 64 heavy (non-hydrogen) atoms. The van der Waals surface area contributed by atoms with Crippen LogP contribution < -0.4 is 37.9 Å². The molecule has 2 aromatic heterocycles. The lowest BCUT2D eigenvalue weighted by atomic mass is 9.96. The molecule has 0 bridgehead atoms. The van der Waals surface area contributed by atoms with E-state index in [1.54, 1.807) is 50.5 Å². The van der Waals surface area contributed by atoms with Crippen LogP contribution in [-0.2, 0) is 52.8 Å². The summed E-state index contributed by atoms with van der Waals surface area (Å²) in [5, 5.41) is 25.3. The Kier molecular flexibility index (Phi) is 19.4. The molecule has 0 radical (unpaired) electrons. The molecule has 0 saturated carbocycles. The summed E-state index contributed by atoms with van der Waals surface area (Å²) >= 11 is 0. The number of benzene rings is 1. The third-order valence-corrected chi connectivity index (χ3v) is 10.9. The van der Waals surface area contributed by atoms with Gasteiger partial charge in [0.25, 0.3) is 5.91 Å². The highest BCUT2D eigenvalue weighted by atomic mass is 16.3. The summed E-state index contributed by atoms with van der Waals surface area (Å²) in [6.07, 6.45) is 5.70. The summed E-state index contributed by atoms with van der Waals surface area (Å²) in [7, 11) is 0. The number of aliphatic hydroxyl groups is 1. The van der Waals surface area contributed by atoms with Crippen LogP contribution >= 0.6 is 0 Å². The minimum Gasteiger partial charge on any atom is -0.390 e. The van der Waals surface area contributed by atoms with Gasteiger partial charge in [0, 0.05) is 44.1 Å². The zero-order valence-corrected chi connectivity index (χ0v) is 37.6. The number of aromatic amines is 2. The lowest BCUT2D eigenvalue weighted by molar-refractivity contribution is -0.142. The van der Waals surface area contributed by atoms with Crippen LogP contribution in [0.25, 0.3) is 0 Å². The van der Waals surface area contributed by atoms with Gasteiger partial charge in [-0.25, -0.2) is 15.8 Å². The van der Waals surface area contributed by atoms with Gasteiger partial charge in [-0.05, 0) is 43.1 Å². The van der Waals surface area contributed by atoms with E-state index < -0.39 is 90.1 Å². The fourth-order valence-electron chi connectivity index (χ4n) is 7.57. The molecular weight excluding hydrogens is 825 g/mol. The van der Waals surface area contributed by atoms with Gasteiger partial charge >= 0.3 is 0 Å². The largest absolute Gasteiger partial charge is 0.390 e. The molecule has 3 aromatic rings. The molecular formula is C44H66N12O8. The second kappa shape index (κ2) is 24.6. The molecule has 3 heterocycles. The Labute approximate surface area is 373 Å². The quantitative estimate of drug-likeness (QED) is 0.0326. The minimum absolute atomic E-state index is 0.0336. The van der Waals surface area contributed by atoms with Gasteiger partial charge in [0.1, 0.15) is 30.2 Å². The third kappa shape index (κ3) is 15.6. The third-order valence-electron chi connectivity index (χ3n) is 10.9. The summed E-state index contributed by atoms with van der Waals surface area (Å²) < 4.78 is 0. The van der Waals surface area contributed by atoms with Gasteiger partial charge in [-0.3, -0.25) is 39.0 Å². The lowest BCUT2D eigenvalue weighted by Gasteiger charge is -2.31. The van der Waals surface area contributed by atoms with Gasteiger partial charge in [-0.1, -0.05) is 71.9 Å². The van der Waals surface area contributed by atoms with Crippen molar-refractivity contribution in [2.24, 2.45) is 23.6 Å². The van der Waals surface area contributed by atoms with Crippen LogP contribution in [-0.4, -0.2) is 120 Å². The molecule has 1 aromatic carbocycles. The van der Waals surface area contributed by atoms with Crippen LogP contribution in [0.4, 0.5) is 0 Å². The zero-order chi connectivity index (χ0) is 46.9. The molecule has 7 atom stereocenters. The topological polar surface area (TPSA) is 299 Å². The molecule has 20 heteroatoms. The first-order valence-electron chi connectivity index (χ1n) is 21.9. The van der Waals surface area contributed by atoms with Crippen molar-refractivity contribution in [2.75, 3.05) is 6.54 Å². The van der Waals surface area contributed by atoms with Crippen molar-refractivity contribution in [3.63, 3.8) is 0 Å². The van der Waals surface area contributed by atoms with Crippen molar-refractivity contribution in [1.29, 1.82) is 0 Å². The van der Waals surface area contributed by atoms with Gasteiger partial charge < -0.3 is 46.6 Å². The lowest BCUT2D eigenvalue weighted by Crippen LogP contribution is -2.60. The normalized spacial score (nSPS) is 16.6. The molecule has 11 N–H and O–H groups in total. The van der Waals surface area contributed by atoms with Crippen molar-refractivity contribution < 1.29 is 38.7 Å². The number of H-pyrrole nitrogens is 2. The van der Waals surface area contributed by atoms with Crippen LogP contribution in [0.1, 0.15) is 90.6 Å². The average molecular weight is 891 g/mol. The van der Waals surface area contributed by atoms with Crippen molar-refractivity contribution in [3.8, 4) is 0 Å². The van der Waals surface area contributed by atoms with Gasteiger partial charge in [-0.2, -0.15) is 0 Å². The molecule has 350 valence electrons. The van der Waals surface area contributed by atoms with Crippen molar-refractivity contribution in [2.45, 2.75) is 135 Å². The van der Waals surface area contributed by atoms with E-state index in [1.807, 2.05) is 33.8 Å². The Morgan fingerprint density at radius 2 is 1.30 bits per heavy atom. The van der Waals surface area contributed by atoms with E-state index in [2.05, 4.69) is 51.9 Å². The summed E-state index contributed by atoms with van der Waals surface area (Å²) in [6.45, 7) is 11.2. The fraction of sp³-hybridized carbons (Fsp3) is 0.568. The van der Waals surface area contributed by atoms with Crippen LogP contribution in [0.2, 0.25) is 0 Å². The van der Waals surface area contributed by atoms with E-state index in [0.29, 0.717) is 36.2 Å². The summed E-state index contributed by atoms with van der Waals surface area (Å²) in [5.74, 6) is 0.989. The monoisotopic (exact) mass is 891 g/mol. The Balaban J connectivity index is 1.55. The number of nitrogens with two attached hydrogens (primary N) is 1. The second-order valence-corrected chi connectivity index (χ2v) is 17.5.